The SMILES string of the molecule is Cc1cc(F)cc(NC(=O)CCCN)c1. The van der Waals surface area contributed by atoms with E-state index in [0.29, 0.717) is 25.1 Å². The molecule has 0 fully saturated rings. The summed E-state index contributed by atoms with van der Waals surface area (Å²) in [6.07, 6.45) is 1.01. The number of aryl methyl sites for hydroxylation is 1. The van der Waals surface area contributed by atoms with Gasteiger partial charge in [0.15, 0.2) is 0 Å². The zero-order chi connectivity index (χ0) is 11.3. The van der Waals surface area contributed by atoms with Crippen molar-refractivity contribution in [1.82, 2.24) is 0 Å². The normalized spacial score (nSPS) is 10.1. The molecule has 15 heavy (non-hydrogen) atoms. The van der Waals surface area contributed by atoms with Crippen LogP contribution in [0.4, 0.5) is 10.1 Å². The van der Waals surface area contributed by atoms with Crippen molar-refractivity contribution < 1.29 is 9.18 Å². The van der Waals surface area contributed by atoms with Gasteiger partial charge in [-0.05, 0) is 43.7 Å². The second-order valence-corrected chi connectivity index (χ2v) is 3.46. The number of hydrogen-bond acceptors (Lipinski definition) is 2. The fraction of sp³-hybridized carbons (Fsp3) is 0.364. The molecule has 0 radical (unpaired) electrons. The molecular weight excluding hydrogens is 195 g/mol. The van der Waals surface area contributed by atoms with Crippen molar-refractivity contribution in [2.24, 2.45) is 5.73 Å². The van der Waals surface area contributed by atoms with E-state index in [4.69, 9.17) is 5.73 Å². The zero-order valence-corrected chi connectivity index (χ0v) is 8.72. The van der Waals surface area contributed by atoms with Crippen molar-refractivity contribution in [3.63, 3.8) is 0 Å². The highest BCUT2D eigenvalue weighted by Gasteiger charge is 2.03. The van der Waals surface area contributed by atoms with Gasteiger partial charge in [0.05, 0.1) is 0 Å². The van der Waals surface area contributed by atoms with Crippen LogP contribution in [0.1, 0.15) is 18.4 Å². The molecule has 0 aliphatic carbocycles. The molecule has 0 saturated heterocycles. The molecule has 82 valence electrons. The van der Waals surface area contributed by atoms with Crippen molar-refractivity contribution in [3.05, 3.63) is 29.6 Å². The first-order chi connectivity index (χ1) is 7.11. The first-order valence-corrected chi connectivity index (χ1v) is 4.89. The fourth-order valence-electron chi connectivity index (χ4n) is 1.29. The number of carbonyl (C=O) groups excluding carboxylic acids is 1. The van der Waals surface area contributed by atoms with Crippen LogP contribution < -0.4 is 11.1 Å². The van der Waals surface area contributed by atoms with Gasteiger partial charge >= 0.3 is 0 Å². The lowest BCUT2D eigenvalue weighted by atomic mass is 10.2. The molecule has 1 rings (SSSR count). The van der Waals surface area contributed by atoms with E-state index in [1.54, 1.807) is 13.0 Å². The second-order valence-electron chi connectivity index (χ2n) is 3.46. The summed E-state index contributed by atoms with van der Waals surface area (Å²) in [7, 11) is 0. The largest absolute Gasteiger partial charge is 0.330 e. The third-order valence-electron chi connectivity index (χ3n) is 1.93. The van der Waals surface area contributed by atoms with Gasteiger partial charge in [-0.25, -0.2) is 4.39 Å². The van der Waals surface area contributed by atoms with Gasteiger partial charge in [0, 0.05) is 12.1 Å². The zero-order valence-electron chi connectivity index (χ0n) is 8.72. The predicted molar refractivity (Wildman–Crippen MR) is 58.1 cm³/mol. The topological polar surface area (TPSA) is 55.1 Å². The molecule has 3 nitrogen and oxygen atoms in total. The third kappa shape index (κ3) is 4.08. The molecular formula is C11H15FN2O. The van der Waals surface area contributed by atoms with E-state index in [2.05, 4.69) is 5.32 Å². The van der Waals surface area contributed by atoms with E-state index in [9.17, 15) is 9.18 Å². The summed E-state index contributed by atoms with van der Waals surface area (Å²) in [5.41, 5.74) is 6.55. The number of halogens is 1. The number of hydrogen-bond donors (Lipinski definition) is 2. The van der Waals surface area contributed by atoms with Crippen LogP contribution in [-0.4, -0.2) is 12.5 Å². The van der Waals surface area contributed by atoms with Crippen molar-refractivity contribution in [2.75, 3.05) is 11.9 Å². The van der Waals surface area contributed by atoms with E-state index in [-0.39, 0.29) is 11.7 Å². The van der Waals surface area contributed by atoms with Gasteiger partial charge < -0.3 is 11.1 Å². The Labute approximate surface area is 88.5 Å². The smallest absolute Gasteiger partial charge is 0.224 e. The van der Waals surface area contributed by atoms with Crippen LogP contribution in [0.15, 0.2) is 18.2 Å². The van der Waals surface area contributed by atoms with Gasteiger partial charge in [-0.2, -0.15) is 0 Å². The number of benzene rings is 1. The maximum atomic E-state index is 13.0. The molecule has 0 atom stereocenters. The summed E-state index contributed by atoms with van der Waals surface area (Å²) in [4.78, 5) is 11.3. The third-order valence-corrected chi connectivity index (χ3v) is 1.93. The minimum absolute atomic E-state index is 0.134. The molecule has 0 spiro atoms. The molecule has 0 saturated carbocycles. The van der Waals surface area contributed by atoms with Gasteiger partial charge in [0.2, 0.25) is 5.91 Å². The Balaban J connectivity index is 2.60. The summed E-state index contributed by atoms with van der Waals surface area (Å²) in [5, 5.41) is 2.62. The number of nitrogens with two attached hydrogens (primary N) is 1. The lowest BCUT2D eigenvalue weighted by Gasteiger charge is -2.05. The van der Waals surface area contributed by atoms with Crippen molar-refractivity contribution >= 4 is 11.6 Å². The molecule has 1 aromatic rings. The maximum absolute atomic E-state index is 13.0. The van der Waals surface area contributed by atoms with E-state index < -0.39 is 0 Å². The van der Waals surface area contributed by atoms with Gasteiger partial charge in [-0.1, -0.05) is 0 Å². The molecule has 0 heterocycles. The minimum Gasteiger partial charge on any atom is -0.330 e. The van der Waals surface area contributed by atoms with Crippen LogP contribution in [0.25, 0.3) is 0 Å². The predicted octanol–water partition coefficient (Wildman–Crippen LogP) is 1.81. The second kappa shape index (κ2) is 5.46. The lowest BCUT2D eigenvalue weighted by molar-refractivity contribution is -0.116. The Morgan fingerprint density at radius 3 is 2.80 bits per heavy atom. The van der Waals surface area contributed by atoms with Gasteiger partial charge in [0.1, 0.15) is 5.82 Å². The number of nitrogens with one attached hydrogen (secondary N) is 1. The summed E-state index contributed by atoms with van der Waals surface area (Å²) in [5.74, 6) is -0.477. The monoisotopic (exact) mass is 210 g/mol. The minimum atomic E-state index is -0.343. The molecule has 1 aromatic carbocycles. The highest BCUT2D eigenvalue weighted by Crippen LogP contribution is 2.13. The average molecular weight is 210 g/mol. The maximum Gasteiger partial charge on any atom is 0.224 e. The summed E-state index contributed by atoms with van der Waals surface area (Å²) in [6.45, 7) is 2.26. The van der Waals surface area contributed by atoms with Crippen LogP contribution >= 0.6 is 0 Å². The van der Waals surface area contributed by atoms with Gasteiger partial charge in [0.25, 0.3) is 0 Å². The van der Waals surface area contributed by atoms with Crippen molar-refractivity contribution in [3.8, 4) is 0 Å². The first kappa shape index (κ1) is 11.7. The molecule has 0 bridgehead atoms. The Bertz CT molecular complexity index is 332. The number of amides is 1. The standard InChI is InChI=1S/C11H15FN2O/c1-8-5-9(12)7-10(6-8)14-11(15)3-2-4-13/h5-7H,2-4,13H2,1H3,(H,14,15). The highest BCUT2D eigenvalue weighted by atomic mass is 19.1. The molecule has 0 aliphatic heterocycles. The van der Waals surface area contributed by atoms with Crippen LogP contribution in [0.3, 0.4) is 0 Å². The van der Waals surface area contributed by atoms with Crippen molar-refractivity contribution in [1.29, 1.82) is 0 Å². The van der Waals surface area contributed by atoms with Crippen LogP contribution in [0, 0.1) is 12.7 Å². The van der Waals surface area contributed by atoms with E-state index in [0.717, 1.165) is 5.56 Å². The number of carbonyl (C=O) groups is 1. The average Bonchev–Trinajstić information content (AvgIpc) is 2.13. The van der Waals surface area contributed by atoms with Crippen LogP contribution in [-0.2, 0) is 4.79 Å². The van der Waals surface area contributed by atoms with E-state index in [1.807, 2.05) is 0 Å². The number of anilines is 1. The van der Waals surface area contributed by atoms with Crippen LogP contribution in [0.2, 0.25) is 0 Å². The van der Waals surface area contributed by atoms with Gasteiger partial charge in [-0.3, -0.25) is 4.79 Å². The molecule has 1 amide bonds. The summed E-state index contributed by atoms with van der Waals surface area (Å²) >= 11 is 0. The summed E-state index contributed by atoms with van der Waals surface area (Å²) in [6, 6.07) is 4.44. The Morgan fingerprint density at radius 1 is 1.47 bits per heavy atom. The molecule has 0 aliphatic rings. The van der Waals surface area contributed by atoms with Crippen molar-refractivity contribution in [2.45, 2.75) is 19.8 Å². The van der Waals surface area contributed by atoms with Crippen LogP contribution in [0.5, 0.6) is 0 Å². The first-order valence-electron chi connectivity index (χ1n) is 4.89. The Kier molecular flexibility index (Phi) is 4.24. The molecule has 0 unspecified atom stereocenters. The molecule has 4 heteroatoms. The quantitative estimate of drug-likeness (QED) is 0.796. The van der Waals surface area contributed by atoms with Gasteiger partial charge in [-0.15, -0.1) is 0 Å². The Morgan fingerprint density at radius 2 is 2.20 bits per heavy atom. The highest BCUT2D eigenvalue weighted by molar-refractivity contribution is 5.90. The molecule has 0 aromatic heterocycles. The Hall–Kier alpha value is -1.42. The molecule has 3 N–H and O–H groups in total. The fourth-order valence-corrected chi connectivity index (χ4v) is 1.29. The lowest BCUT2D eigenvalue weighted by Crippen LogP contribution is -2.13. The number of rotatable bonds is 4. The van der Waals surface area contributed by atoms with E-state index >= 15 is 0 Å². The van der Waals surface area contributed by atoms with E-state index in [1.165, 1.54) is 12.1 Å². The summed E-state index contributed by atoms with van der Waals surface area (Å²) < 4.78 is 13.0.